The van der Waals surface area contributed by atoms with Crippen LogP contribution in [0.3, 0.4) is 0 Å². The molecular weight excluding hydrogens is 475 g/mol. The zero-order valence-corrected chi connectivity index (χ0v) is 18.9. The lowest BCUT2D eigenvalue weighted by molar-refractivity contribution is 0.0696. The summed E-state index contributed by atoms with van der Waals surface area (Å²) in [7, 11) is -4.18. The number of hydrogen-bond acceptors (Lipinski definition) is 5. The Hall–Kier alpha value is -2.91. The number of pyridine rings is 1. The van der Waals surface area contributed by atoms with E-state index in [4.69, 9.17) is 23.2 Å². The number of carboxylic acid groups (broad SMARTS) is 1. The van der Waals surface area contributed by atoms with E-state index in [-0.39, 0.29) is 37.4 Å². The number of nitrogens with zero attached hydrogens (tertiary/aromatic N) is 2. The fourth-order valence-corrected chi connectivity index (χ4v) is 5.67. The van der Waals surface area contributed by atoms with Crippen molar-refractivity contribution in [2.45, 2.75) is 17.9 Å². The first-order valence-electron chi connectivity index (χ1n) is 9.31. The summed E-state index contributed by atoms with van der Waals surface area (Å²) in [5.41, 5.74) is 0.398. The minimum Gasteiger partial charge on any atom is -0.478 e. The molecule has 1 unspecified atom stereocenters. The fraction of sp³-hybridized carbons (Fsp3) is 0.0909. The number of fused-ring (bicyclic) bond motifs is 1. The van der Waals surface area contributed by atoms with Gasteiger partial charge in [-0.05, 0) is 48.9 Å². The van der Waals surface area contributed by atoms with Gasteiger partial charge in [0.1, 0.15) is 6.10 Å². The molecular formula is C22H16Cl2N2O5S. The Labute approximate surface area is 193 Å². The van der Waals surface area contributed by atoms with Crippen molar-refractivity contribution in [2.75, 3.05) is 0 Å². The molecule has 0 saturated carbocycles. The summed E-state index contributed by atoms with van der Waals surface area (Å²) < 4.78 is 28.1. The van der Waals surface area contributed by atoms with Crippen LogP contribution in [0.2, 0.25) is 10.0 Å². The van der Waals surface area contributed by atoms with Crippen molar-refractivity contribution in [3.8, 4) is 0 Å². The molecule has 32 heavy (non-hydrogen) atoms. The molecule has 0 aliphatic heterocycles. The fourth-order valence-electron chi connectivity index (χ4n) is 3.50. The van der Waals surface area contributed by atoms with Crippen LogP contribution in [0, 0.1) is 6.92 Å². The van der Waals surface area contributed by atoms with Crippen LogP contribution < -0.4 is 0 Å². The first kappa shape index (κ1) is 22.3. The number of carboxylic acids is 1. The molecule has 0 bridgehead atoms. The van der Waals surface area contributed by atoms with E-state index in [1.165, 1.54) is 36.5 Å². The zero-order chi connectivity index (χ0) is 23.2. The molecule has 0 aliphatic carbocycles. The quantitative estimate of drug-likeness (QED) is 0.420. The first-order valence-corrected chi connectivity index (χ1v) is 11.5. The predicted octanol–water partition coefficient (Wildman–Crippen LogP) is 4.67. The van der Waals surface area contributed by atoms with Crippen LogP contribution in [-0.2, 0) is 10.0 Å². The van der Waals surface area contributed by atoms with Gasteiger partial charge in [0.25, 0.3) is 10.0 Å². The SMILES string of the molecule is Cc1ccnc2c1cc(C(O)c1c(Cl)ccc(C(=O)O)c1Cl)n2S(=O)(=O)c1ccccc1. The summed E-state index contributed by atoms with van der Waals surface area (Å²) in [5.74, 6) is -1.31. The van der Waals surface area contributed by atoms with Crippen LogP contribution in [0.25, 0.3) is 11.0 Å². The standard InChI is InChI=1S/C22H16Cl2N2O5S/c1-12-9-10-25-21-15(12)11-17(26(21)32(30,31)13-5-3-2-4-6-13)20(27)18-16(23)8-7-14(19(18)24)22(28)29/h2-11,20,27H,1H3,(H,28,29). The number of carbonyl (C=O) groups is 1. The summed E-state index contributed by atoms with van der Waals surface area (Å²) in [6.45, 7) is 1.78. The summed E-state index contributed by atoms with van der Waals surface area (Å²) in [6, 6.07) is 13.4. The maximum Gasteiger partial charge on any atom is 0.337 e. The molecule has 4 rings (SSSR count). The molecule has 0 spiro atoms. The van der Waals surface area contributed by atoms with E-state index in [1.54, 1.807) is 31.2 Å². The lowest BCUT2D eigenvalue weighted by Crippen LogP contribution is -2.19. The maximum absolute atomic E-state index is 13.6. The molecule has 0 radical (unpaired) electrons. The van der Waals surface area contributed by atoms with Crippen molar-refractivity contribution in [3.05, 3.63) is 93.2 Å². The van der Waals surface area contributed by atoms with Gasteiger partial charge < -0.3 is 10.2 Å². The number of rotatable bonds is 5. The molecule has 0 fully saturated rings. The smallest absolute Gasteiger partial charge is 0.337 e. The number of aliphatic hydroxyl groups is 1. The Morgan fingerprint density at radius 2 is 1.78 bits per heavy atom. The van der Waals surface area contributed by atoms with Crippen LogP contribution in [0.1, 0.15) is 33.3 Å². The lowest BCUT2D eigenvalue weighted by atomic mass is 10.0. The van der Waals surface area contributed by atoms with E-state index in [0.29, 0.717) is 5.39 Å². The molecule has 2 heterocycles. The monoisotopic (exact) mass is 490 g/mol. The second-order valence-electron chi connectivity index (χ2n) is 7.05. The third kappa shape index (κ3) is 3.55. The molecule has 2 aromatic carbocycles. The topological polar surface area (TPSA) is 109 Å². The number of aliphatic hydroxyl groups excluding tert-OH is 1. The van der Waals surface area contributed by atoms with Crippen LogP contribution in [-0.4, -0.2) is 33.6 Å². The van der Waals surface area contributed by atoms with Crippen molar-refractivity contribution in [1.82, 2.24) is 8.96 Å². The molecule has 0 saturated heterocycles. The van der Waals surface area contributed by atoms with Crippen molar-refractivity contribution >= 4 is 50.2 Å². The van der Waals surface area contributed by atoms with Crippen molar-refractivity contribution in [2.24, 2.45) is 0 Å². The van der Waals surface area contributed by atoms with Gasteiger partial charge in [0.05, 0.1) is 21.2 Å². The van der Waals surface area contributed by atoms with Gasteiger partial charge in [-0.1, -0.05) is 41.4 Å². The summed E-state index contributed by atoms with van der Waals surface area (Å²) in [6.07, 6.45) is -0.183. The third-order valence-electron chi connectivity index (χ3n) is 5.10. The Morgan fingerprint density at radius 3 is 2.44 bits per heavy atom. The molecule has 4 aromatic rings. The highest BCUT2D eigenvalue weighted by Crippen LogP contribution is 2.39. The lowest BCUT2D eigenvalue weighted by Gasteiger charge is -2.18. The number of hydrogen-bond donors (Lipinski definition) is 2. The minimum atomic E-state index is -4.18. The normalized spacial score (nSPS) is 12.8. The average molecular weight is 491 g/mol. The van der Waals surface area contributed by atoms with Gasteiger partial charge in [-0.25, -0.2) is 22.2 Å². The Kier molecular flexibility index (Phi) is 5.72. The highest BCUT2D eigenvalue weighted by Gasteiger charge is 2.31. The van der Waals surface area contributed by atoms with E-state index < -0.39 is 22.1 Å². The third-order valence-corrected chi connectivity index (χ3v) is 7.57. The van der Waals surface area contributed by atoms with Gasteiger partial charge in [0.15, 0.2) is 5.65 Å². The minimum absolute atomic E-state index is 0.00824. The van der Waals surface area contributed by atoms with E-state index in [2.05, 4.69) is 4.98 Å². The van der Waals surface area contributed by atoms with Gasteiger partial charge in [0, 0.05) is 22.2 Å². The van der Waals surface area contributed by atoms with Gasteiger partial charge >= 0.3 is 5.97 Å². The summed E-state index contributed by atoms with van der Waals surface area (Å²) in [4.78, 5) is 15.7. The second kappa shape index (κ2) is 8.22. The van der Waals surface area contributed by atoms with Gasteiger partial charge in [0.2, 0.25) is 0 Å². The molecule has 2 aromatic heterocycles. The van der Waals surface area contributed by atoms with Crippen LogP contribution >= 0.6 is 23.2 Å². The van der Waals surface area contributed by atoms with Gasteiger partial charge in [-0.15, -0.1) is 0 Å². The Bertz CT molecular complexity index is 1470. The second-order valence-corrected chi connectivity index (χ2v) is 9.62. The average Bonchev–Trinajstić information content (AvgIpc) is 3.16. The molecule has 7 nitrogen and oxygen atoms in total. The highest BCUT2D eigenvalue weighted by atomic mass is 35.5. The maximum atomic E-state index is 13.6. The molecule has 10 heteroatoms. The van der Waals surface area contributed by atoms with E-state index in [9.17, 15) is 23.4 Å². The van der Waals surface area contributed by atoms with Crippen molar-refractivity contribution < 1.29 is 23.4 Å². The van der Waals surface area contributed by atoms with Crippen LogP contribution in [0.15, 0.2) is 65.7 Å². The van der Waals surface area contributed by atoms with Crippen molar-refractivity contribution in [1.29, 1.82) is 0 Å². The number of benzene rings is 2. The highest BCUT2D eigenvalue weighted by molar-refractivity contribution is 7.90. The van der Waals surface area contributed by atoms with Gasteiger partial charge in [-0.3, -0.25) is 0 Å². The number of aromatic nitrogens is 2. The van der Waals surface area contributed by atoms with Crippen LogP contribution in [0.5, 0.6) is 0 Å². The first-order chi connectivity index (χ1) is 15.1. The summed E-state index contributed by atoms with van der Waals surface area (Å²) >= 11 is 12.5. The predicted molar refractivity (Wildman–Crippen MR) is 121 cm³/mol. The Morgan fingerprint density at radius 1 is 1.09 bits per heavy atom. The molecule has 0 aliphatic rings. The van der Waals surface area contributed by atoms with E-state index >= 15 is 0 Å². The summed E-state index contributed by atoms with van der Waals surface area (Å²) in [5, 5.41) is 20.9. The number of aryl methyl sites for hydroxylation is 1. The van der Waals surface area contributed by atoms with Crippen LogP contribution in [0.4, 0.5) is 0 Å². The van der Waals surface area contributed by atoms with E-state index in [1.807, 2.05) is 0 Å². The van der Waals surface area contributed by atoms with Gasteiger partial charge in [-0.2, -0.15) is 0 Å². The zero-order valence-electron chi connectivity index (χ0n) is 16.5. The number of aromatic carboxylic acids is 1. The molecule has 1 atom stereocenters. The molecule has 0 amide bonds. The Balaban J connectivity index is 2.05. The van der Waals surface area contributed by atoms with E-state index in [0.717, 1.165) is 9.54 Å². The molecule has 2 N–H and O–H groups in total. The number of halogens is 2. The molecule has 164 valence electrons. The van der Waals surface area contributed by atoms with Crippen molar-refractivity contribution in [3.63, 3.8) is 0 Å². The largest absolute Gasteiger partial charge is 0.478 e.